The molecule has 0 aromatic heterocycles. The third-order valence-electron chi connectivity index (χ3n) is 3.65. The summed E-state index contributed by atoms with van der Waals surface area (Å²) in [6, 6.07) is 7.10. The van der Waals surface area contributed by atoms with Crippen LogP contribution in [0.1, 0.15) is 37.4 Å². The zero-order valence-electron chi connectivity index (χ0n) is 14.3. The number of hydrogen-bond donors (Lipinski definition) is 1. The van der Waals surface area contributed by atoms with Crippen molar-refractivity contribution in [2.75, 3.05) is 34.9 Å². The lowest BCUT2D eigenvalue weighted by atomic mass is 10.0. The Morgan fingerprint density at radius 2 is 1.90 bits per heavy atom. The molecule has 0 amide bonds. The number of benzene rings is 1. The first-order chi connectivity index (χ1) is 9.97. The van der Waals surface area contributed by atoms with Crippen molar-refractivity contribution in [2.24, 2.45) is 0 Å². The van der Waals surface area contributed by atoms with Crippen LogP contribution < -0.4 is 10.1 Å². The molecule has 0 spiro atoms. The van der Waals surface area contributed by atoms with Gasteiger partial charge in [-0.1, -0.05) is 6.07 Å². The second-order valence-corrected chi connectivity index (χ2v) is 5.89. The second-order valence-electron chi connectivity index (χ2n) is 5.89. The topological polar surface area (TPSA) is 33.7 Å². The van der Waals surface area contributed by atoms with Crippen LogP contribution in [0.4, 0.5) is 0 Å². The molecule has 0 aliphatic carbocycles. The number of nitrogens with one attached hydrogen (secondary N) is 1. The smallest absolute Gasteiger partial charge is 0.124 e. The number of ether oxygens (including phenoxy) is 2. The van der Waals surface area contributed by atoms with Crippen molar-refractivity contribution in [1.82, 2.24) is 10.2 Å². The molecule has 1 rings (SSSR count). The lowest BCUT2D eigenvalue weighted by Crippen LogP contribution is -2.31. The van der Waals surface area contributed by atoms with Gasteiger partial charge in [-0.15, -0.1) is 0 Å². The molecule has 0 bridgehead atoms. The van der Waals surface area contributed by atoms with E-state index >= 15 is 0 Å². The van der Waals surface area contributed by atoms with Crippen LogP contribution in [-0.2, 0) is 11.3 Å². The molecular formula is C17H30N2O2. The van der Waals surface area contributed by atoms with E-state index in [-0.39, 0.29) is 0 Å². The molecule has 2 unspecified atom stereocenters. The predicted molar refractivity (Wildman–Crippen MR) is 87.9 cm³/mol. The fourth-order valence-corrected chi connectivity index (χ4v) is 2.39. The highest BCUT2D eigenvalue weighted by Gasteiger charge is 2.12. The van der Waals surface area contributed by atoms with Crippen molar-refractivity contribution in [3.63, 3.8) is 0 Å². The van der Waals surface area contributed by atoms with E-state index in [1.54, 1.807) is 14.2 Å². The molecule has 0 saturated carbocycles. The first kappa shape index (κ1) is 18.0. The quantitative estimate of drug-likeness (QED) is 0.759. The number of methoxy groups -OCH3 is 2. The predicted octanol–water partition coefficient (Wildman–Crippen LogP) is 2.83. The first-order valence-corrected chi connectivity index (χ1v) is 7.54. The lowest BCUT2D eigenvalue weighted by Gasteiger charge is -2.22. The molecule has 4 heteroatoms. The molecule has 120 valence electrons. The zero-order chi connectivity index (χ0) is 15.8. The highest BCUT2D eigenvalue weighted by molar-refractivity contribution is 5.38. The maximum absolute atomic E-state index is 5.37. The van der Waals surface area contributed by atoms with Gasteiger partial charge in [0, 0.05) is 24.8 Å². The fraction of sp³-hybridized carbons (Fsp3) is 0.647. The van der Waals surface area contributed by atoms with Crippen molar-refractivity contribution >= 4 is 0 Å². The fourth-order valence-electron chi connectivity index (χ4n) is 2.39. The maximum atomic E-state index is 5.37. The summed E-state index contributed by atoms with van der Waals surface area (Å²) < 4.78 is 10.6. The molecule has 0 fully saturated rings. The highest BCUT2D eigenvalue weighted by atomic mass is 16.5. The van der Waals surface area contributed by atoms with E-state index in [2.05, 4.69) is 50.3 Å². The van der Waals surface area contributed by atoms with E-state index in [0.717, 1.165) is 24.3 Å². The maximum Gasteiger partial charge on any atom is 0.124 e. The molecule has 2 atom stereocenters. The van der Waals surface area contributed by atoms with Crippen molar-refractivity contribution in [3.8, 4) is 5.75 Å². The van der Waals surface area contributed by atoms with Gasteiger partial charge in [-0.3, -0.25) is 0 Å². The molecule has 4 nitrogen and oxygen atoms in total. The summed E-state index contributed by atoms with van der Waals surface area (Å²) in [7, 11) is 7.61. The van der Waals surface area contributed by atoms with E-state index in [1.807, 2.05) is 6.07 Å². The van der Waals surface area contributed by atoms with Gasteiger partial charge in [0.2, 0.25) is 0 Å². The molecule has 1 aromatic carbocycles. The monoisotopic (exact) mass is 294 g/mol. The number of nitrogens with zero attached hydrogens (tertiary/aromatic N) is 1. The van der Waals surface area contributed by atoms with E-state index in [1.165, 1.54) is 5.56 Å². The van der Waals surface area contributed by atoms with Gasteiger partial charge in [0.25, 0.3) is 0 Å². The van der Waals surface area contributed by atoms with Gasteiger partial charge in [-0.25, -0.2) is 0 Å². The molecule has 0 heterocycles. The lowest BCUT2D eigenvalue weighted by molar-refractivity contribution is 0.181. The van der Waals surface area contributed by atoms with Gasteiger partial charge in [-0.2, -0.15) is 0 Å². The summed E-state index contributed by atoms with van der Waals surface area (Å²) in [6.45, 7) is 6.10. The standard InChI is InChI=1S/C17H30N2O2/c1-13(9-10-19(3)4)18-14(2)15-7-8-17(21-6)16(11-15)12-20-5/h7-8,11,13-14,18H,9-10,12H2,1-6H3. The summed E-state index contributed by atoms with van der Waals surface area (Å²) in [5.41, 5.74) is 2.35. The van der Waals surface area contributed by atoms with Crippen molar-refractivity contribution in [3.05, 3.63) is 29.3 Å². The van der Waals surface area contributed by atoms with Gasteiger partial charge in [0.05, 0.1) is 13.7 Å². The van der Waals surface area contributed by atoms with E-state index in [4.69, 9.17) is 9.47 Å². The molecule has 1 aromatic rings. The molecule has 21 heavy (non-hydrogen) atoms. The van der Waals surface area contributed by atoms with Crippen LogP contribution in [0.25, 0.3) is 0 Å². The van der Waals surface area contributed by atoms with Crippen LogP contribution in [0.3, 0.4) is 0 Å². The largest absolute Gasteiger partial charge is 0.496 e. The molecule has 0 aliphatic heterocycles. The Balaban J connectivity index is 2.68. The minimum absolute atomic E-state index is 0.309. The zero-order valence-corrected chi connectivity index (χ0v) is 14.3. The number of rotatable bonds is 9. The minimum atomic E-state index is 0.309. The van der Waals surface area contributed by atoms with Crippen LogP contribution in [0, 0.1) is 0 Å². The summed E-state index contributed by atoms with van der Waals surface area (Å²) in [5, 5.41) is 3.65. The Labute approximate surface area is 129 Å². The Kier molecular flexibility index (Phi) is 7.72. The third-order valence-corrected chi connectivity index (χ3v) is 3.65. The number of hydrogen-bond acceptors (Lipinski definition) is 4. The summed E-state index contributed by atoms with van der Waals surface area (Å²) in [5.74, 6) is 0.883. The normalized spacial score (nSPS) is 14.2. The molecule has 0 aliphatic rings. The summed E-state index contributed by atoms with van der Waals surface area (Å²) in [4.78, 5) is 2.22. The Morgan fingerprint density at radius 3 is 2.48 bits per heavy atom. The Morgan fingerprint density at radius 1 is 1.19 bits per heavy atom. The molecule has 0 saturated heterocycles. The molecular weight excluding hydrogens is 264 g/mol. The van der Waals surface area contributed by atoms with Crippen LogP contribution in [0.5, 0.6) is 5.75 Å². The average Bonchev–Trinajstić information content (AvgIpc) is 2.45. The Hall–Kier alpha value is -1.10. The van der Waals surface area contributed by atoms with E-state index in [0.29, 0.717) is 18.7 Å². The second kappa shape index (κ2) is 9.03. The van der Waals surface area contributed by atoms with Gasteiger partial charge >= 0.3 is 0 Å². The minimum Gasteiger partial charge on any atom is -0.496 e. The van der Waals surface area contributed by atoms with Gasteiger partial charge in [-0.05, 0) is 58.6 Å². The average molecular weight is 294 g/mol. The van der Waals surface area contributed by atoms with Gasteiger partial charge in [0.15, 0.2) is 0 Å². The summed E-state index contributed by atoms with van der Waals surface area (Å²) in [6.07, 6.45) is 1.14. The first-order valence-electron chi connectivity index (χ1n) is 7.54. The van der Waals surface area contributed by atoms with Crippen LogP contribution in [-0.4, -0.2) is 45.8 Å². The molecule has 0 radical (unpaired) electrons. The van der Waals surface area contributed by atoms with Crippen LogP contribution >= 0.6 is 0 Å². The SMILES string of the molecule is COCc1cc(C(C)NC(C)CCN(C)C)ccc1OC. The van der Waals surface area contributed by atoms with Crippen molar-refractivity contribution in [1.29, 1.82) is 0 Å². The Bertz CT molecular complexity index is 421. The molecule has 1 N–H and O–H groups in total. The summed E-state index contributed by atoms with van der Waals surface area (Å²) >= 11 is 0. The van der Waals surface area contributed by atoms with Crippen LogP contribution in [0.15, 0.2) is 18.2 Å². The van der Waals surface area contributed by atoms with E-state index < -0.39 is 0 Å². The highest BCUT2D eigenvalue weighted by Crippen LogP contribution is 2.24. The van der Waals surface area contributed by atoms with Gasteiger partial charge < -0.3 is 19.7 Å². The van der Waals surface area contributed by atoms with Crippen molar-refractivity contribution < 1.29 is 9.47 Å². The van der Waals surface area contributed by atoms with Gasteiger partial charge in [0.1, 0.15) is 5.75 Å². The van der Waals surface area contributed by atoms with E-state index in [9.17, 15) is 0 Å². The van der Waals surface area contributed by atoms with Crippen molar-refractivity contribution in [2.45, 2.75) is 39.0 Å². The third kappa shape index (κ3) is 6.04. The van der Waals surface area contributed by atoms with Crippen LogP contribution in [0.2, 0.25) is 0 Å².